The Morgan fingerprint density at radius 3 is 2.66 bits per heavy atom. The molecule has 0 radical (unpaired) electrons. The van der Waals surface area contributed by atoms with Crippen LogP contribution in [0.1, 0.15) is 53.5 Å². The number of aromatic nitrogens is 4. The van der Waals surface area contributed by atoms with E-state index in [0.717, 1.165) is 31.2 Å². The van der Waals surface area contributed by atoms with Gasteiger partial charge in [-0.25, -0.2) is 15.0 Å². The predicted octanol–water partition coefficient (Wildman–Crippen LogP) is 4.73. The number of carbonyl (C=O) groups excluding carboxylic acids is 2. The van der Waals surface area contributed by atoms with Gasteiger partial charge in [0.25, 0.3) is 5.91 Å². The van der Waals surface area contributed by atoms with Gasteiger partial charge in [-0.05, 0) is 43.5 Å². The molecule has 1 fully saturated rings. The fraction of sp³-hybridized carbons (Fsp3) is 0.321. The lowest BCUT2D eigenvalue weighted by Crippen LogP contribution is -2.31. The van der Waals surface area contributed by atoms with E-state index in [1.54, 1.807) is 31.6 Å². The van der Waals surface area contributed by atoms with Gasteiger partial charge in [0.05, 0.1) is 11.6 Å². The highest BCUT2D eigenvalue weighted by atomic mass is 19.4. The Morgan fingerprint density at radius 2 is 1.93 bits per heavy atom. The molecule has 4 aromatic rings. The Bertz CT molecular complexity index is 1570. The maximum Gasteiger partial charge on any atom is 0.416 e. The van der Waals surface area contributed by atoms with Gasteiger partial charge in [-0.2, -0.15) is 13.2 Å². The van der Waals surface area contributed by atoms with E-state index >= 15 is 0 Å². The van der Waals surface area contributed by atoms with E-state index in [1.165, 1.54) is 12.1 Å². The highest BCUT2D eigenvalue weighted by Gasteiger charge is 2.34. The largest absolute Gasteiger partial charge is 0.416 e. The van der Waals surface area contributed by atoms with E-state index in [2.05, 4.69) is 15.3 Å². The Hall–Kier alpha value is -4.52. The summed E-state index contributed by atoms with van der Waals surface area (Å²) in [7, 11) is 1.60. The molecule has 4 heterocycles. The molecule has 1 aliphatic rings. The number of nitrogen functional groups attached to an aromatic ring is 1. The van der Waals surface area contributed by atoms with Crippen LogP contribution in [0.5, 0.6) is 0 Å². The third-order valence-electron chi connectivity index (χ3n) is 6.97. The Kier molecular flexibility index (Phi) is 7.88. The quantitative estimate of drug-likeness (QED) is 0.295. The SMILES string of the molecule is COCCCC(=O)N1CCC[C@H]1c1nc(-c2ccc(C(=O)Nc3cc(C(F)(F)F)ccn3)cc2)c2c(N)nccn12. The number of imidazole rings is 1. The molecular weight excluding hydrogens is 539 g/mol. The number of rotatable bonds is 8. The number of benzene rings is 1. The van der Waals surface area contributed by atoms with Crippen molar-refractivity contribution in [3.63, 3.8) is 0 Å². The molecule has 0 spiro atoms. The molecule has 1 saturated heterocycles. The third-order valence-corrected chi connectivity index (χ3v) is 6.97. The van der Waals surface area contributed by atoms with Crippen molar-refractivity contribution in [3.05, 3.63) is 71.9 Å². The number of fused-ring (bicyclic) bond motifs is 1. The van der Waals surface area contributed by atoms with Crippen LogP contribution in [0.2, 0.25) is 0 Å². The number of halogens is 3. The van der Waals surface area contributed by atoms with E-state index in [-0.39, 0.29) is 29.1 Å². The summed E-state index contributed by atoms with van der Waals surface area (Å²) in [5.41, 5.74) is 7.34. The Labute approximate surface area is 233 Å². The van der Waals surface area contributed by atoms with Crippen LogP contribution >= 0.6 is 0 Å². The molecular formula is C28H28F3N7O3. The van der Waals surface area contributed by atoms with Gasteiger partial charge in [0.2, 0.25) is 5.91 Å². The third kappa shape index (κ3) is 5.85. The number of amides is 2. The highest BCUT2D eigenvalue weighted by molar-refractivity contribution is 6.04. The zero-order valence-corrected chi connectivity index (χ0v) is 22.2. The number of ether oxygens (including phenoxy) is 1. The summed E-state index contributed by atoms with van der Waals surface area (Å²) in [6.07, 6.45) is 2.37. The lowest BCUT2D eigenvalue weighted by atomic mass is 10.1. The summed E-state index contributed by atoms with van der Waals surface area (Å²) in [5.74, 6) is 0.133. The summed E-state index contributed by atoms with van der Waals surface area (Å²) in [5, 5.41) is 2.40. The number of alkyl halides is 3. The number of likely N-dealkylation sites (tertiary alicyclic amines) is 1. The molecule has 1 atom stereocenters. The van der Waals surface area contributed by atoms with Crippen molar-refractivity contribution in [2.45, 2.75) is 37.9 Å². The van der Waals surface area contributed by atoms with Gasteiger partial charge in [0.1, 0.15) is 28.7 Å². The second kappa shape index (κ2) is 11.5. The molecule has 0 saturated carbocycles. The second-order valence-corrected chi connectivity index (χ2v) is 9.65. The summed E-state index contributed by atoms with van der Waals surface area (Å²) in [6.45, 7) is 1.14. The number of hydrogen-bond donors (Lipinski definition) is 2. The van der Waals surface area contributed by atoms with Crippen LogP contribution in [0.15, 0.2) is 55.0 Å². The number of methoxy groups -OCH3 is 1. The number of pyridine rings is 1. The number of nitrogens with one attached hydrogen (secondary N) is 1. The topological polar surface area (TPSA) is 128 Å². The molecule has 0 bridgehead atoms. The van der Waals surface area contributed by atoms with Crippen molar-refractivity contribution in [3.8, 4) is 11.3 Å². The molecule has 3 N–H and O–H groups in total. The number of nitrogens with two attached hydrogens (primary N) is 1. The molecule has 214 valence electrons. The molecule has 13 heteroatoms. The second-order valence-electron chi connectivity index (χ2n) is 9.65. The molecule has 1 aliphatic heterocycles. The standard InChI is InChI=1S/C28H28F3N7O3/c1-41-15-3-5-22(39)37-13-2-4-20(37)26-36-23(24-25(32)34-12-14-38(24)26)17-6-8-18(9-7-17)27(40)35-21-16-19(10-11-33-21)28(29,30)31/h6-12,14,16,20H,2-5,13,15H2,1H3,(H2,32,34)(H,33,35,40)/t20-/m0/s1. The zero-order valence-electron chi connectivity index (χ0n) is 22.2. The maximum absolute atomic E-state index is 13.0. The first kappa shape index (κ1) is 28.0. The monoisotopic (exact) mass is 567 g/mol. The van der Waals surface area contributed by atoms with Gasteiger partial charge in [-0.15, -0.1) is 0 Å². The molecule has 41 heavy (non-hydrogen) atoms. The Morgan fingerprint density at radius 1 is 1.15 bits per heavy atom. The van der Waals surface area contributed by atoms with E-state index in [0.29, 0.717) is 48.6 Å². The zero-order chi connectivity index (χ0) is 29.1. The normalized spacial score (nSPS) is 15.4. The first-order valence-corrected chi connectivity index (χ1v) is 13.0. The predicted molar refractivity (Wildman–Crippen MR) is 145 cm³/mol. The molecule has 0 unspecified atom stereocenters. The van der Waals surface area contributed by atoms with E-state index in [1.807, 2.05) is 9.30 Å². The minimum absolute atomic E-state index is 0.0375. The van der Waals surface area contributed by atoms with E-state index < -0.39 is 17.6 Å². The maximum atomic E-state index is 13.0. The fourth-order valence-electron chi connectivity index (χ4n) is 5.01. The average molecular weight is 568 g/mol. The van der Waals surface area contributed by atoms with Crippen LogP contribution in [0.3, 0.4) is 0 Å². The molecule has 0 aliphatic carbocycles. The molecule has 3 aromatic heterocycles. The summed E-state index contributed by atoms with van der Waals surface area (Å²) in [6, 6.07) is 7.79. The summed E-state index contributed by atoms with van der Waals surface area (Å²) in [4.78, 5) is 40.5. The lowest BCUT2D eigenvalue weighted by Gasteiger charge is -2.24. The summed E-state index contributed by atoms with van der Waals surface area (Å²) >= 11 is 0. The van der Waals surface area contributed by atoms with Crippen LogP contribution in [0.25, 0.3) is 16.8 Å². The van der Waals surface area contributed by atoms with Gasteiger partial charge in [0, 0.05) is 56.4 Å². The van der Waals surface area contributed by atoms with Gasteiger partial charge < -0.3 is 20.7 Å². The smallest absolute Gasteiger partial charge is 0.385 e. The van der Waals surface area contributed by atoms with Crippen molar-refractivity contribution in [2.75, 3.05) is 31.3 Å². The number of hydrogen-bond acceptors (Lipinski definition) is 7. The van der Waals surface area contributed by atoms with Crippen LogP contribution in [-0.4, -0.2) is 56.3 Å². The van der Waals surface area contributed by atoms with Crippen LogP contribution in [-0.2, 0) is 15.7 Å². The molecule has 1 aromatic carbocycles. The van der Waals surface area contributed by atoms with Crippen molar-refractivity contribution < 1.29 is 27.5 Å². The van der Waals surface area contributed by atoms with Crippen molar-refractivity contribution in [1.29, 1.82) is 0 Å². The van der Waals surface area contributed by atoms with Crippen LogP contribution in [0, 0.1) is 0 Å². The number of nitrogens with zero attached hydrogens (tertiary/aromatic N) is 5. The van der Waals surface area contributed by atoms with Crippen molar-refractivity contribution >= 4 is 29.0 Å². The van der Waals surface area contributed by atoms with Crippen LogP contribution in [0.4, 0.5) is 24.8 Å². The molecule has 2 amide bonds. The van der Waals surface area contributed by atoms with Crippen molar-refractivity contribution in [2.24, 2.45) is 0 Å². The first-order chi connectivity index (χ1) is 19.7. The lowest BCUT2D eigenvalue weighted by molar-refractivity contribution is -0.137. The minimum atomic E-state index is -4.56. The molecule has 5 rings (SSSR count). The number of carbonyl (C=O) groups is 2. The average Bonchev–Trinajstić information content (AvgIpc) is 3.59. The van der Waals surface area contributed by atoms with Gasteiger partial charge in [0.15, 0.2) is 0 Å². The highest BCUT2D eigenvalue weighted by Crippen LogP contribution is 2.37. The van der Waals surface area contributed by atoms with Gasteiger partial charge in [-0.3, -0.25) is 14.0 Å². The van der Waals surface area contributed by atoms with E-state index in [4.69, 9.17) is 15.5 Å². The minimum Gasteiger partial charge on any atom is -0.385 e. The summed E-state index contributed by atoms with van der Waals surface area (Å²) < 4.78 is 46.0. The molecule has 10 nitrogen and oxygen atoms in total. The van der Waals surface area contributed by atoms with Crippen molar-refractivity contribution in [1.82, 2.24) is 24.3 Å². The fourth-order valence-corrected chi connectivity index (χ4v) is 5.01. The first-order valence-electron chi connectivity index (χ1n) is 13.0. The Balaban J connectivity index is 1.42. The number of anilines is 2. The van der Waals surface area contributed by atoms with Gasteiger partial charge in [-0.1, -0.05) is 12.1 Å². The van der Waals surface area contributed by atoms with Gasteiger partial charge >= 0.3 is 6.18 Å². The van der Waals surface area contributed by atoms with E-state index in [9.17, 15) is 22.8 Å². The van der Waals surface area contributed by atoms with Crippen LogP contribution < -0.4 is 11.1 Å².